The second-order valence-corrected chi connectivity index (χ2v) is 2.95. The Balaban J connectivity index is 0.000000921. The Morgan fingerprint density at radius 1 is 1.20 bits per heavy atom. The lowest BCUT2D eigenvalue weighted by molar-refractivity contribution is 0.386. The first kappa shape index (κ1) is 13.7. The molecule has 0 unspecified atom stereocenters. The summed E-state index contributed by atoms with van der Waals surface area (Å²) in [5, 5.41) is 1.69. The molecule has 4 N–H and O–H groups in total. The van der Waals surface area contributed by atoms with Gasteiger partial charge in [-0.3, -0.25) is 0 Å². The lowest BCUT2D eigenvalue weighted by Gasteiger charge is -2.12. The van der Waals surface area contributed by atoms with E-state index in [-0.39, 0.29) is 0 Å². The van der Waals surface area contributed by atoms with Crippen LogP contribution in [0.25, 0.3) is 0 Å². The van der Waals surface area contributed by atoms with E-state index in [9.17, 15) is 0 Å². The Morgan fingerprint density at radius 3 is 2.33 bits per heavy atom. The molecule has 0 spiro atoms. The third-order valence-corrected chi connectivity index (χ3v) is 1.74. The smallest absolute Gasteiger partial charge is 0.0585 e. The predicted molar refractivity (Wildman–Crippen MR) is 65.7 cm³/mol. The summed E-state index contributed by atoms with van der Waals surface area (Å²) in [7, 11) is 1.50. The topological polar surface area (TPSA) is 55.3 Å². The molecule has 0 saturated heterocycles. The number of hydrazine groups is 1. The van der Waals surface area contributed by atoms with Crippen molar-refractivity contribution in [2.24, 2.45) is 11.6 Å². The van der Waals surface area contributed by atoms with E-state index in [1.165, 1.54) is 12.6 Å². The molecule has 0 radical (unpaired) electrons. The van der Waals surface area contributed by atoms with Crippen molar-refractivity contribution in [1.29, 1.82) is 0 Å². The first-order valence-electron chi connectivity index (χ1n) is 5.12. The van der Waals surface area contributed by atoms with Crippen molar-refractivity contribution in [2.75, 3.05) is 7.05 Å². The number of rotatable bonds is 4. The van der Waals surface area contributed by atoms with Crippen molar-refractivity contribution >= 4 is 0 Å². The van der Waals surface area contributed by atoms with Crippen molar-refractivity contribution in [3.63, 3.8) is 0 Å². The summed E-state index contributed by atoms with van der Waals surface area (Å²) >= 11 is 0. The van der Waals surface area contributed by atoms with Gasteiger partial charge in [-0.1, -0.05) is 43.3 Å². The van der Waals surface area contributed by atoms with Crippen molar-refractivity contribution in [2.45, 2.75) is 19.9 Å². The van der Waals surface area contributed by atoms with Crippen LogP contribution in [0.15, 0.2) is 42.6 Å². The van der Waals surface area contributed by atoms with Gasteiger partial charge in [-0.05, 0) is 19.0 Å². The van der Waals surface area contributed by atoms with Gasteiger partial charge in [-0.2, -0.15) is 0 Å². The van der Waals surface area contributed by atoms with Crippen LogP contribution in [-0.2, 0) is 6.54 Å². The zero-order valence-electron chi connectivity index (χ0n) is 9.56. The molecule has 84 valence electrons. The van der Waals surface area contributed by atoms with Crippen LogP contribution in [0.2, 0.25) is 0 Å². The van der Waals surface area contributed by atoms with Crippen molar-refractivity contribution in [3.05, 3.63) is 48.2 Å². The fourth-order valence-corrected chi connectivity index (χ4v) is 1.09. The van der Waals surface area contributed by atoms with Gasteiger partial charge in [0.1, 0.15) is 0 Å². The molecular formula is C12H21N3. The number of benzene rings is 1. The highest BCUT2D eigenvalue weighted by molar-refractivity contribution is 5.14. The molecule has 0 fully saturated rings. The normalized spacial score (nSPS) is 9.60. The Labute approximate surface area is 92.3 Å². The van der Waals surface area contributed by atoms with Crippen LogP contribution in [0, 0.1) is 0 Å². The van der Waals surface area contributed by atoms with E-state index in [4.69, 9.17) is 5.84 Å². The lowest BCUT2D eigenvalue weighted by atomic mass is 10.2. The summed E-state index contributed by atoms with van der Waals surface area (Å²) in [5.41, 5.74) is 5.73. The van der Waals surface area contributed by atoms with Crippen LogP contribution in [0.4, 0.5) is 0 Å². The number of allylic oxidation sites excluding steroid dienone is 1. The number of nitrogens with zero attached hydrogens (tertiary/aromatic N) is 1. The minimum atomic E-state index is 0.761. The summed E-state index contributed by atoms with van der Waals surface area (Å²) in [6.45, 7) is 2.85. The fraction of sp³-hybridized carbons (Fsp3) is 0.333. The molecule has 1 aromatic carbocycles. The second-order valence-electron chi connectivity index (χ2n) is 2.95. The highest BCUT2D eigenvalue weighted by atomic mass is 15.4. The predicted octanol–water partition coefficient (Wildman–Crippen LogP) is 1.86. The van der Waals surface area contributed by atoms with Crippen LogP contribution in [0.5, 0.6) is 0 Å². The average Bonchev–Trinajstić information content (AvgIpc) is 2.30. The first-order chi connectivity index (χ1) is 7.33. The van der Waals surface area contributed by atoms with Gasteiger partial charge in [0, 0.05) is 6.20 Å². The van der Waals surface area contributed by atoms with Gasteiger partial charge in [0.05, 0.1) is 6.54 Å². The Bertz CT molecular complexity index is 257. The lowest BCUT2D eigenvalue weighted by Crippen LogP contribution is -2.23. The third-order valence-electron chi connectivity index (χ3n) is 1.74. The largest absolute Gasteiger partial charge is 0.333 e. The van der Waals surface area contributed by atoms with Crippen LogP contribution < -0.4 is 11.6 Å². The van der Waals surface area contributed by atoms with E-state index in [2.05, 4.69) is 24.8 Å². The van der Waals surface area contributed by atoms with E-state index < -0.39 is 0 Å². The molecule has 0 aliphatic heterocycles. The summed E-state index contributed by atoms with van der Waals surface area (Å²) in [6, 6.07) is 10.2. The summed E-state index contributed by atoms with van der Waals surface area (Å²) in [6.07, 6.45) is 4.97. The molecule has 0 aliphatic carbocycles. The molecule has 0 heterocycles. The van der Waals surface area contributed by atoms with Crippen LogP contribution in [0.1, 0.15) is 18.9 Å². The number of hydrogen-bond acceptors (Lipinski definition) is 3. The van der Waals surface area contributed by atoms with Gasteiger partial charge in [0.25, 0.3) is 0 Å². The SMILES string of the molecule is CCC=CN(N)Cc1ccccc1.CN. The van der Waals surface area contributed by atoms with E-state index in [1.807, 2.05) is 30.5 Å². The van der Waals surface area contributed by atoms with Gasteiger partial charge in [-0.25, -0.2) is 5.84 Å². The number of hydrogen-bond donors (Lipinski definition) is 2. The van der Waals surface area contributed by atoms with Gasteiger partial charge in [0.15, 0.2) is 0 Å². The molecule has 1 aromatic rings. The molecule has 1 rings (SSSR count). The molecule has 0 atom stereocenters. The molecule has 3 heteroatoms. The Hall–Kier alpha value is -1.32. The van der Waals surface area contributed by atoms with Crippen molar-refractivity contribution in [1.82, 2.24) is 5.01 Å². The van der Waals surface area contributed by atoms with Crippen molar-refractivity contribution < 1.29 is 0 Å². The standard InChI is InChI=1S/C11H16N2.CH5N/c1-2-3-9-13(12)10-11-7-5-4-6-8-11;1-2/h3-9H,2,10,12H2,1H3;2H2,1H3. The molecule has 0 aromatic heterocycles. The molecule has 0 saturated carbocycles. The van der Waals surface area contributed by atoms with Crippen LogP contribution >= 0.6 is 0 Å². The molecule has 0 bridgehead atoms. The first-order valence-corrected chi connectivity index (χ1v) is 5.12. The molecule has 0 aliphatic rings. The second kappa shape index (κ2) is 9.24. The van der Waals surface area contributed by atoms with Gasteiger partial charge < -0.3 is 10.7 Å². The van der Waals surface area contributed by atoms with Crippen LogP contribution in [0.3, 0.4) is 0 Å². The Kier molecular flexibility index (Phi) is 8.43. The summed E-state index contributed by atoms with van der Waals surface area (Å²) in [4.78, 5) is 0. The molecule has 15 heavy (non-hydrogen) atoms. The minimum Gasteiger partial charge on any atom is -0.333 e. The van der Waals surface area contributed by atoms with E-state index in [1.54, 1.807) is 5.01 Å². The van der Waals surface area contributed by atoms with E-state index >= 15 is 0 Å². The average molecular weight is 207 g/mol. The maximum absolute atomic E-state index is 5.74. The van der Waals surface area contributed by atoms with E-state index in [0.717, 1.165) is 13.0 Å². The van der Waals surface area contributed by atoms with Crippen LogP contribution in [-0.4, -0.2) is 12.1 Å². The quantitative estimate of drug-likeness (QED) is 0.585. The monoisotopic (exact) mass is 207 g/mol. The maximum atomic E-state index is 5.74. The third kappa shape index (κ3) is 6.71. The molecule has 3 nitrogen and oxygen atoms in total. The summed E-state index contributed by atoms with van der Waals surface area (Å²) in [5.74, 6) is 5.74. The molecular weight excluding hydrogens is 186 g/mol. The van der Waals surface area contributed by atoms with Crippen molar-refractivity contribution in [3.8, 4) is 0 Å². The van der Waals surface area contributed by atoms with Gasteiger partial charge in [-0.15, -0.1) is 0 Å². The van der Waals surface area contributed by atoms with Gasteiger partial charge >= 0.3 is 0 Å². The zero-order valence-corrected chi connectivity index (χ0v) is 9.56. The highest BCUT2D eigenvalue weighted by Gasteiger charge is 1.93. The molecule has 0 amide bonds. The maximum Gasteiger partial charge on any atom is 0.0585 e. The summed E-state index contributed by atoms with van der Waals surface area (Å²) < 4.78 is 0. The Morgan fingerprint density at radius 2 is 1.80 bits per heavy atom. The van der Waals surface area contributed by atoms with E-state index in [0.29, 0.717) is 0 Å². The van der Waals surface area contributed by atoms with Gasteiger partial charge in [0.2, 0.25) is 0 Å². The fourth-order valence-electron chi connectivity index (χ4n) is 1.09. The zero-order chi connectivity index (χ0) is 11.5. The highest BCUT2D eigenvalue weighted by Crippen LogP contribution is 2.01. The minimum absolute atomic E-state index is 0.761. The number of nitrogens with two attached hydrogens (primary N) is 2.